The first-order valence-electron chi connectivity index (χ1n) is 2.37. The van der Waals surface area contributed by atoms with Crippen LogP contribution in [0.1, 0.15) is 5.56 Å². The molecule has 0 nitrogen and oxygen atoms in total. The third-order valence-electron chi connectivity index (χ3n) is 0.865. The van der Waals surface area contributed by atoms with Crippen molar-refractivity contribution in [3.05, 3.63) is 35.9 Å². The molecule has 48 valence electrons. The van der Waals surface area contributed by atoms with E-state index in [9.17, 15) is 0 Å². The zero-order chi connectivity index (χ0) is 5.82. The minimum atomic E-state index is 0. The van der Waals surface area contributed by atoms with Crippen LogP contribution in [0, 0.1) is 18.4 Å². The first-order chi connectivity index (χ1) is 3.93. The topological polar surface area (TPSA) is 0 Å². The zero-order valence-electron chi connectivity index (χ0n) is 4.69. The fourth-order valence-corrected chi connectivity index (χ4v) is 0.483. The molecule has 0 saturated carbocycles. The van der Waals surface area contributed by atoms with Crippen molar-refractivity contribution < 1.29 is 22.4 Å². The normalized spacial score (nSPS) is 7.00. The molecule has 0 aliphatic rings. The molecule has 0 amide bonds. The first kappa shape index (κ1) is 8.52. The van der Waals surface area contributed by atoms with Gasteiger partial charge in [0.05, 0.1) is 0 Å². The molecule has 0 heterocycles. The summed E-state index contributed by atoms with van der Waals surface area (Å²) in [6.45, 7) is 0. The second-order valence-electron chi connectivity index (χ2n) is 1.42. The van der Waals surface area contributed by atoms with Crippen molar-refractivity contribution in [3.63, 3.8) is 0 Å². The van der Waals surface area contributed by atoms with Gasteiger partial charge < -0.3 is 0 Å². The Hall–Kier alpha value is -0.480. The fraction of sp³-hybridized carbons (Fsp3) is 0. The van der Waals surface area contributed by atoms with Gasteiger partial charge in [-0.2, -0.15) is 12.3 Å². The molecule has 0 aromatic heterocycles. The smallest absolute Gasteiger partial charge is 0.195 e. The molecule has 0 spiro atoms. The van der Waals surface area contributed by atoms with E-state index in [0.717, 1.165) is 5.56 Å². The van der Waals surface area contributed by atoms with Crippen LogP contribution in [-0.4, -0.2) is 0 Å². The quantitative estimate of drug-likeness (QED) is 0.386. The van der Waals surface area contributed by atoms with Crippen LogP contribution in [0.5, 0.6) is 0 Å². The molecule has 0 N–H and O–H groups in total. The maximum atomic E-state index is 5.07. The fourth-order valence-electron chi connectivity index (χ4n) is 0.483. The Bertz CT molecular complexity index is 196. The molecule has 9 heavy (non-hydrogen) atoms. The van der Waals surface area contributed by atoms with E-state index in [-0.39, 0.29) is 22.4 Å². The summed E-state index contributed by atoms with van der Waals surface area (Å²) < 4.78 is 0. The maximum absolute atomic E-state index is 5.07. The molecular formula is C8H5Au. The van der Waals surface area contributed by atoms with Crippen LogP contribution in [0.2, 0.25) is 0 Å². The summed E-state index contributed by atoms with van der Waals surface area (Å²) in [5.74, 6) is 2.47. The van der Waals surface area contributed by atoms with Gasteiger partial charge in [-0.05, 0) is 0 Å². The predicted molar refractivity (Wildman–Crippen MR) is 33.2 cm³/mol. The minimum Gasteiger partial charge on any atom is -0.195 e. The summed E-state index contributed by atoms with van der Waals surface area (Å²) in [6, 6.07) is 10.3. The third kappa shape index (κ3) is 2.53. The number of hydrogen-bond acceptors (Lipinski definition) is 0. The molecule has 0 bridgehead atoms. The molecule has 0 fully saturated rings. The van der Waals surface area contributed by atoms with Crippen molar-refractivity contribution in [1.29, 1.82) is 0 Å². The largest absolute Gasteiger partial charge is 1.00 e. The second-order valence-corrected chi connectivity index (χ2v) is 1.42. The van der Waals surface area contributed by atoms with Crippen LogP contribution in [-0.2, 0) is 22.4 Å². The molecule has 0 aliphatic carbocycles. The number of rotatable bonds is 0. The van der Waals surface area contributed by atoms with Gasteiger partial charge in [-0.1, -0.05) is 0 Å². The predicted octanol–water partition coefficient (Wildman–Crippen LogP) is 1.47. The molecule has 1 rings (SSSR count). The molecule has 0 unspecified atom stereocenters. The molecule has 0 radical (unpaired) electrons. The van der Waals surface area contributed by atoms with E-state index < -0.39 is 0 Å². The summed E-state index contributed by atoms with van der Waals surface area (Å²) in [5, 5.41) is 0. The van der Waals surface area contributed by atoms with Gasteiger partial charge in [0, 0.05) is 0 Å². The average Bonchev–Trinajstić information content (AvgIpc) is 1.90. The van der Waals surface area contributed by atoms with Crippen LogP contribution in [0.3, 0.4) is 0 Å². The molecule has 0 saturated heterocycles. The average molecular weight is 298 g/mol. The Morgan fingerprint density at radius 1 is 1.44 bits per heavy atom. The van der Waals surface area contributed by atoms with Crippen molar-refractivity contribution in [2.75, 3.05) is 0 Å². The molecule has 1 heteroatoms. The monoisotopic (exact) mass is 298 g/mol. The zero-order valence-corrected chi connectivity index (χ0v) is 6.85. The summed E-state index contributed by atoms with van der Waals surface area (Å²) in [7, 11) is 0. The Kier molecular flexibility index (Phi) is 4.17. The van der Waals surface area contributed by atoms with Crippen LogP contribution >= 0.6 is 0 Å². The Morgan fingerprint density at radius 2 is 2.22 bits per heavy atom. The summed E-state index contributed by atoms with van der Waals surface area (Å²) in [6.07, 6.45) is 5.07. The van der Waals surface area contributed by atoms with E-state index in [1.165, 1.54) is 0 Å². The number of terminal acetylenes is 1. The van der Waals surface area contributed by atoms with Gasteiger partial charge in [0.2, 0.25) is 0 Å². The molecular weight excluding hydrogens is 293 g/mol. The standard InChI is InChI=1S/C8H5.Au/c1-2-8-6-4-3-5-7-8;/h1,3-6H;/q-1;+1. The summed E-state index contributed by atoms with van der Waals surface area (Å²) in [5.41, 5.74) is 0.813. The van der Waals surface area contributed by atoms with Gasteiger partial charge in [-0.25, -0.2) is 0 Å². The first-order valence-corrected chi connectivity index (χ1v) is 2.37. The van der Waals surface area contributed by atoms with Gasteiger partial charge in [-0.3, -0.25) is 0 Å². The van der Waals surface area contributed by atoms with Crippen molar-refractivity contribution in [2.45, 2.75) is 0 Å². The van der Waals surface area contributed by atoms with Gasteiger partial charge in [0.1, 0.15) is 0 Å². The van der Waals surface area contributed by atoms with Crippen LogP contribution in [0.25, 0.3) is 0 Å². The maximum Gasteiger partial charge on any atom is 1.00 e. The SMILES string of the molecule is C#Cc1[c-]cccc1.[Au+]. The molecule has 1 aromatic carbocycles. The van der Waals surface area contributed by atoms with Gasteiger partial charge in [0.15, 0.2) is 0 Å². The van der Waals surface area contributed by atoms with Gasteiger partial charge >= 0.3 is 22.4 Å². The van der Waals surface area contributed by atoms with Crippen LogP contribution in [0.15, 0.2) is 24.3 Å². The number of hydrogen-bond donors (Lipinski definition) is 0. The van der Waals surface area contributed by atoms with E-state index in [1.807, 2.05) is 18.2 Å². The Balaban J connectivity index is 0.000000640. The minimum absolute atomic E-state index is 0. The Labute approximate surface area is 70.8 Å². The second kappa shape index (κ2) is 4.40. The van der Waals surface area contributed by atoms with E-state index in [0.29, 0.717) is 0 Å². The van der Waals surface area contributed by atoms with E-state index in [1.54, 1.807) is 6.07 Å². The van der Waals surface area contributed by atoms with Crippen LogP contribution in [0.4, 0.5) is 0 Å². The number of benzene rings is 1. The van der Waals surface area contributed by atoms with Crippen LogP contribution < -0.4 is 0 Å². The van der Waals surface area contributed by atoms with Gasteiger partial charge in [-0.15, -0.1) is 35.9 Å². The van der Waals surface area contributed by atoms with E-state index in [4.69, 9.17) is 6.42 Å². The van der Waals surface area contributed by atoms with Crippen molar-refractivity contribution in [3.8, 4) is 12.3 Å². The van der Waals surface area contributed by atoms with Crippen molar-refractivity contribution in [2.24, 2.45) is 0 Å². The summed E-state index contributed by atoms with van der Waals surface area (Å²) in [4.78, 5) is 0. The van der Waals surface area contributed by atoms with Gasteiger partial charge in [0.25, 0.3) is 0 Å². The summed E-state index contributed by atoms with van der Waals surface area (Å²) >= 11 is 0. The molecule has 0 aliphatic heterocycles. The molecule has 1 aromatic rings. The Morgan fingerprint density at radius 3 is 2.56 bits per heavy atom. The van der Waals surface area contributed by atoms with Crippen molar-refractivity contribution in [1.82, 2.24) is 0 Å². The van der Waals surface area contributed by atoms with E-state index in [2.05, 4.69) is 12.0 Å². The van der Waals surface area contributed by atoms with E-state index >= 15 is 0 Å². The third-order valence-corrected chi connectivity index (χ3v) is 0.865. The van der Waals surface area contributed by atoms with Crippen molar-refractivity contribution >= 4 is 0 Å². The molecule has 0 atom stereocenters.